The molecule has 318 valence electrons. The van der Waals surface area contributed by atoms with Crippen LogP contribution < -0.4 is 49.1 Å². The van der Waals surface area contributed by atoms with E-state index in [1.165, 1.54) is 31.2 Å². The van der Waals surface area contributed by atoms with Crippen molar-refractivity contribution in [2.45, 2.75) is 115 Å². The van der Waals surface area contributed by atoms with Crippen LogP contribution in [-0.2, 0) is 49.6 Å². The van der Waals surface area contributed by atoms with Crippen LogP contribution in [0.3, 0.4) is 0 Å². The summed E-state index contributed by atoms with van der Waals surface area (Å²) in [5.41, 5.74) is 16.5. The molecule has 7 amide bonds. The van der Waals surface area contributed by atoms with E-state index in [1.54, 1.807) is 13.8 Å². The van der Waals surface area contributed by atoms with Crippen molar-refractivity contribution in [1.82, 2.24) is 31.9 Å². The molecule has 0 aliphatic carbocycles. The molecule has 21 nitrogen and oxygen atoms in total. The maximum absolute atomic E-state index is 14.0. The van der Waals surface area contributed by atoms with Crippen LogP contribution in [0.4, 0.5) is 0 Å². The average Bonchev–Trinajstić information content (AvgIpc) is 3.16. The van der Waals surface area contributed by atoms with Gasteiger partial charge in [-0.25, -0.2) is 4.79 Å². The highest BCUT2D eigenvalue weighted by molar-refractivity contribution is 5.97. The Hall–Kier alpha value is -5.83. The molecule has 0 saturated carbocycles. The van der Waals surface area contributed by atoms with Crippen LogP contribution >= 0.6 is 0 Å². The highest BCUT2D eigenvalue weighted by Gasteiger charge is 2.35. The summed E-state index contributed by atoms with van der Waals surface area (Å²) in [5.74, 6) is -9.31. The second-order valence-electron chi connectivity index (χ2n) is 13.5. The quantitative estimate of drug-likeness (QED) is 0.0400. The van der Waals surface area contributed by atoms with Crippen molar-refractivity contribution in [3.63, 3.8) is 0 Å². The van der Waals surface area contributed by atoms with Gasteiger partial charge in [0.25, 0.3) is 0 Å². The topological polar surface area (TPSA) is 365 Å². The number of phenolic OH excluding ortho intramolecular Hbond substituents is 1. The molecule has 1 aromatic rings. The van der Waals surface area contributed by atoms with E-state index in [1.807, 2.05) is 0 Å². The lowest BCUT2D eigenvalue weighted by atomic mass is 9.96. The number of aliphatic carboxylic acids is 2. The van der Waals surface area contributed by atoms with Crippen molar-refractivity contribution in [2.75, 3.05) is 13.1 Å². The standard InChI is InChI=1S/C36H57N9O12/c1-4-19(2)30(45-33(53)23(12-14-27(39)47)41-31(51)20(3)40-28(48)18-38)35(55)44-26(17-21-8-10-22(46)11-9-21)34(54)42-24(13-15-29(49)50)32(52)43-25(36(56)57)7-5-6-16-37/h8-11,19-20,23-26,30,46H,4-7,12-18,37-38H2,1-3H3,(H2,39,47)(H,40,48)(H,41,51)(H,42,54)(H,43,52)(H,44,55)(H,45,53)(H,49,50)(H,56,57)/t19-,20-,23-,24-,25-,26-,30-/m0/s1. The van der Waals surface area contributed by atoms with Crippen molar-refractivity contribution >= 4 is 53.3 Å². The Morgan fingerprint density at radius 2 is 1.18 bits per heavy atom. The number of carboxylic acids is 2. The van der Waals surface area contributed by atoms with Gasteiger partial charge in [-0.2, -0.15) is 0 Å². The first-order valence-electron chi connectivity index (χ1n) is 18.5. The molecule has 0 heterocycles. The third-order valence-electron chi connectivity index (χ3n) is 8.91. The predicted molar refractivity (Wildman–Crippen MR) is 203 cm³/mol. The smallest absolute Gasteiger partial charge is 0.326 e. The first-order chi connectivity index (χ1) is 26.8. The number of carboxylic acid groups (broad SMARTS) is 2. The summed E-state index contributed by atoms with van der Waals surface area (Å²) in [6.07, 6.45) is -0.710. The molecular formula is C36H57N9O12. The van der Waals surface area contributed by atoms with Gasteiger partial charge in [-0.1, -0.05) is 32.4 Å². The minimum Gasteiger partial charge on any atom is -0.508 e. The predicted octanol–water partition coefficient (Wildman–Crippen LogP) is -2.79. The van der Waals surface area contributed by atoms with Crippen molar-refractivity contribution < 1.29 is 58.5 Å². The summed E-state index contributed by atoms with van der Waals surface area (Å²) in [5, 5.41) is 43.5. The Morgan fingerprint density at radius 3 is 1.70 bits per heavy atom. The lowest BCUT2D eigenvalue weighted by Crippen LogP contribution is -2.61. The largest absolute Gasteiger partial charge is 0.508 e. The van der Waals surface area contributed by atoms with E-state index in [2.05, 4.69) is 31.9 Å². The van der Waals surface area contributed by atoms with Gasteiger partial charge in [0.05, 0.1) is 6.54 Å². The maximum Gasteiger partial charge on any atom is 0.326 e. The molecule has 0 aliphatic heterocycles. The van der Waals surface area contributed by atoms with Crippen LogP contribution in [0.1, 0.15) is 77.7 Å². The number of hydrogen-bond donors (Lipinski definition) is 12. The van der Waals surface area contributed by atoms with Gasteiger partial charge in [0.15, 0.2) is 0 Å². The summed E-state index contributed by atoms with van der Waals surface area (Å²) in [6, 6.07) is -2.71. The minimum absolute atomic E-state index is 0.0110. The second kappa shape index (κ2) is 25.4. The maximum atomic E-state index is 14.0. The van der Waals surface area contributed by atoms with Gasteiger partial charge in [-0.3, -0.25) is 38.4 Å². The van der Waals surface area contributed by atoms with Crippen molar-refractivity contribution in [1.29, 1.82) is 0 Å². The second-order valence-corrected chi connectivity index (χ2v) is 13.5. The van der Waals surface area contributed by atoms with Gasteiger partial charge in [-0.05, 0) is 69.2 Å². The summed E-state index contributed by atoms with van der Waals surface area (Å²) in [4.78, 5) is 114. The number of primary amides is 1. The summed E-state index contributed by atoms with van der Waals surface area (Å²) in [6.45, 7) is 4.56. The number of hydrogen-bond acceptors (Lipinski definition) is 12. The van der Waals surface area contributed by atoms with E-state index < -0.39 is 115 Å². The van der Waals surface area contributed by atoms with Gasteiger partial charge < -0.3 is 64.4 Å². The molecular weight excluding hydrogens is 750 g/mol. The molecule has 7 atom stereocenters. The van der Waals surface area contributed by atoms with E-state index in [0.29, 0.717) is 24.8 Å². The molecule has 0 aromatic heterocycles. The number of aromatic hydroxyl groups is 1. The zero-order chi connectivity index (χ0) is 43.2. The fraction of sp³-hybridized carbons (Fsp3) is 0.583. The number of carbonyl (C=O) groups is 9. The molecule has 0 saturated heterocycles. The monoisotopic (exact) mass is 807 g/mol. The van der Waals surface area contributed by atoms with Crippen molar-refractivity contribution in [2.24, 2.45) is 23.1 Å². The third-order valence-corrected chi connectivity index (χ3v) is 8.91. The number of phenols is 1. The number of rotatable bonds is 27. The summed E-state index contributed by atoms with van der Waals surface area (Å²) < 4.78 is 0. The Morgan fingerprint density at radius 1 is 0.649 bits per heavy atom. The number of nitrogens with one attached hydrogen (secondary N) is 6. The van der Waals surface area contributed by atoms with Crippen LogP contribution in [0.5, 0.6) is 5.75 Å². The Kier molecular flexibility index (Phi) is 21.9. The number of amides is 7. The van der Waals surface area contributed by atoms with Gasteiger partial charge in [0.2, 0.25) is 41.4 Å². The Labute approximate surface area is 330 Å². The van der Waals surface area contributed by atoms with E-state index >= 15 is 0 Å². The lowest BCUT2D eigenvalue weighted by molar-refractivity contribution is -0.143. The molecule has 0 unspecified atom stereocenters. The van der Waals surface area contributed by atoms with Crippen molar-refractivity contribution in [3.8, 4) is 5.75 Å². The molecule has 21 heteroatoms. The van der Waals surface area contributed by atoms with Gasteiger partial charge in [0, 0.05) is 19.3 Å². The van der Waals surface area contributed by atoms with Crippen LogP contribution in [0.15, 0.2) is 24.3 Å². The SMILES string of the molecule is CC[C@H](C)[C@H](NC(=O)[C@H](CCC(N)=O)NC(=O)[C@H](C)NC(=O)CN)C(=O)N[C@@H](Cc1ccc(O)cc1)C(=O)N[C@@H](CCC(=O)O)C(=O)N[C@@H](CCCCN)C(=O)O. The van der Waals surface area contributed by atoms with Crippen LogP contribution in [0, 0.1) is 5.92 Å². The number of unbranched alkanes of at least 4 members (excludes halogenated alkanes) is 1. The highest BCUT2D eigenvalue weighted by atomic mass is 16.4. The molecule has 0 aliphatic rings. The van der Waals surface area contributed by atoms with E-state index in [4.69, 9.17) is 17.2 Å². The fourth-order valence-electron chi connectivity index (χ4n) is 5.34. The van der Waals surface area contributed by atoms with E-state index in [0.717, 1.165) is 0 Å². The summed E-state index contributed by atoms with van der Waals surface area (Å²) >= 11 is 0. The molecule has 57 heavy (non-hydrogen) atoms. The highest BCUT2D eigenvalue weighted by Crippen LogP contribution is 2.14. The lowest BCUT2D eigenvalue weighted by Gasteiger charge is -2.29. The molecule has 1 rings (SSSR count). The summed E-state index contributed by atoms with van der Waals surface area (Å²) in [7, 11) is 0. The minimum atomic E-state index is -1.55. The van der Waals surface area contributed by atoms with Crippen LogP contribution in [-0.4, -0.2) is 118 Å². The number of benzene rings is 1. The third kappa shape index (κ3) is 18.6. The molecule has 0 spiro atoms. The zero-order valence-electron chi connectivity index (χ0n) is 32.4. The normalized spacial score (nSPS) is 14.5. The first kappa shape index (κ1) is 49.2. The van der Waals surface area contributed by atoms with E-state index in [9.17, 15) is 58.5 Å². The molecule has 0 fully saturated rings. The van der Waals surface area contributed by atoms with Crippen LogP contribution in [0.25, 0.3) is 0 Å². The number of carbonyl (C=O) groups excluding carboxylic acids is 7. The molecule has 0 bridgehead atoms. The molecule has 0 radical (unpaired) electrons. The number of nitrogens with two attached hydrogens (primary N) is 3. The van der Waals surface area contributed by atoms with Gasteiger partial charge >= 0.3 is 11.9 Å². The average molecular weight is 808 g/mol. The molecule has 15 N–H and O–H groups in total. The van der Waals surface area contributed by atoms with E-state index in [-0.39, 0.29) is 38.0 Å². The van der Waals surface area contributed by atoms with Gasteiger partial charge in [0.1, 0.15) is 42.0 Å². The van der Waals surface area contributed by atoms with Crippen LogP contribution in [0.2, 0.25) is 0 Å². The van der Waals surface area contributed by atoms with Crippen molar-refractivity contribution in [3.05, 3.63) is 29.8 Å². The Bertz CT molecular complexity index is 1560. The Balaban J connectivity index is 3.47. The zero-order valence-corrected chi connectivity index (χ0v) is 32.4. The van der Waals surface area contributed by atoms with Gasteiger partial charge in [-0.15, -0.1) is 0 Å². The first-order valence-corrected chi connectivity index (χ1v) is 18.5. The molecule has 1 aromatic carbocycles. The fourth-order valence-corrected chi connectivity index (χ4v) is 5.34.